The van der Waals surface area contributed by atoms with Crippen molar-refractivity contribution in [3.05, 3.63) is 41.5 Å². The van der Waals surface area contributed by atoms with E-state index in [1.807, 2.05) is 17.0 Å². The summed E-state index contributed by atoms with van der Waals surface area (Å²) in [6.45, 7) is 0.478. The molecule has 0 spiro atoms. The maximum atomic E-state index is 12.0. The number of nitrogens with two attached hydrogens (primary N) is 1. The van der Waals surface area contributed by atoms with Crippen LogP contribution < -0.4 is 10.3 Å². The highest BCUT2D eigenvalue weighted by atomic mass is 32.2. The van der Waals surface area contributed by atoms with Gasteiger partial charge in [0, 0.05) is 17.9 Å². The Morgan fingerprint density at radius 1 is 1.42 bits per heavy atom. The minimum absolute atomic E-state index is 0.122. The van der Waals surface area contributed by atoms with Crippen molar-refractivity contribution in [2.45, 2.75) is 36.7 Å². The summed E-state index contributed by atoms with van der Waals surface area (Å²) in [6, 6.07) is 3.60. The third-order valence-corrected chi connectivity index (χ3v) is 5.92. The molecule has 1 aromatic rings. The lowest BCUT2D eigenvalue weighted by atomic mass is 10.1. The molecule has 0 aromatic carbocycles. The van der Waals surface area contributed by atoms with Gasteiger partial charge in [0.25, 0.3) is 0 Å². The zero-order chi connectivity index (χ0) is 16.8. The van der Waals surface area contributed by atoms with Crippen LogP contribution in [0.3, 0.4) is 0 Å². The van der Waals surface area contributed by atoms with Crippen molar-refractivity contribution < 1.29 is 24.0 Å². The molecule has 2 aliphatic heterocycles. The van der Waals surface area contributed by atoms with E-state index in [1.54, 1.807) is 0 Å². The van der Waals surface area contributed by atoms with E-state index in [0.717, 1.165) is 5.57 Å². The van der Waals surface area contributed by atoms with Gasteiger partial charge in [-0.2, -0.15) is 0 Å². The second-order valence-electron chi connectivity index (χ2n) is 6.29. The van der Waals surface area contributed by atoms with Crippen LogP contribution in [-0.2, 0) is 16.1 Å². The molecule has 1 unspecified atom stereocenters. The molecule has 24 heavy (non-hydrogen) atoms. The number of amides is 1. The monoisotopic (exact) mass is 348 g/mol. The van der Waals surface area contributed by atoms with Gasteiger partial charge in [0.15, 0.2) is 18.9 Å². The Morgan fingerprint density at radius 2 is 2.12 bits per heavy atom. The number of carboxylic acid groups (broad SMARTS) is 1. The fraction of sp³-hybridized carbons (Fsp3) is 0.438. The average Bonchev–Trinajstić information content (AvgIpc) is 3.40. The van der Waals surface area contributed by atoms with Gasteiger partial charge < -0.3 is 15.6 Å². The molecule has 4 rings (SSSR count). The van der Waals surface area contributed by atoms with Crippen molar-refractivity contribution in [1.82, 2.24) is 4.90 Å². The second-order valence-corrected chi connectivity index (χ2v) is 7.40. The molecule has 1 saturated carbocycles. The van der Waals surface area contributed by atoms with Crippen LogP contribution in [0.25, 0.3) is 0 Å². The van der Waals surface area contributed by atoms with Crippen LogP contribution >= 0.6 is 11.8 Å². The first kappa shape index (κ1) is 15.5. The molecule has 2 fully saturated rings. The minimum atomic E-state index is -1.42. The minimum Gasteiger partial charge on any atom is -0.449 e. The van der Waals surface area contributed by atoms with Crippen molar-refractivity contribution in [3.63, 3.8) is 0 Å². The first-order valence-corrected chi connectivity index (χ1v) is 8.91. The molecule has 0 bridgehead atoms. The lowest BCUT2D eigenvalue weighted by Crippen LogP contribution is -2.68. The smallest absolute Gasteiger partial charge is 0.449 e. The predicted octanol–water partition coefficient (Wildman–Crippen LogP) is 1.00. The quantitative estimate of drug-likeness (QED) is 0.479. The maximum absolute atomic E-state index is 12.0. The maximum Gasteiger partial charge on any atom is 0.512 e. The zero-order valence-electron chi connectivity index (χ0n) is 12.9. The standard InChI is InChI=1S/C16H17N3O4S/c17-12-13(20)19-14(23-16(21)22)11(8-24-15(12)19)7-18-5-3-10(4-6-18)9-1-2-9/h3-6,9,12,15H,1-2,7-8,17H2/p+1/t12?,15-/m0/s1. The number of fused-ring (bicyclic) bond motifs is 1. The molecule has 1 aliphatic carbocycles. The highest BCUT2D eigenvalue weighted by Gasteiger charge is 2.52. The van der Waals surface area contributed by atoms with Crippen LogP contribution in [0.1, 0.15) is 24.3 Å². The number of pyridine rings is 1. The molecular weight excluding hydrogens is 330 g/mol. The van der Waals surface area contributed by atoms with Gasteiger partial charge in [0.05, 0.1) is 5.57 Å². The number of thioether (sulfide) groups is 1. The molecule has 8 heteroatoms. The molecule has 1 saturated heterocycles. The van der Waals surface area contributed by atoms with E-state index in [9.17, 15) is 9.59 Å². The summed E-state index contributed by atoms with van der Waals surface area (Å²) in [5.41, 5.74) is 7.88. The Morgan fingerprint density at radius 3 is 2.75 bits per heavy atom. The van der Waals surface area contributed by atoms with Crippen molar-refractivity contribution in [2.75, 3.05) is 5.75 Å². The fourth-order valence-corrected chi connectivity index (χ4v) is 4.36. The molecule has 3 heterocycles. The number of hydrogen-bond acceptors (Lipinski definition) is 5. The first-order chi connectivity index (χ1) is 11.5. The molecule has 1 amide bonds. The van der Waals surface area contributed by atoms with E-state index in [4.69, 9.17) is 15.6 Å². The van der Waals surface area contributed by atoms with Gasteiger partial charge in [-0.05, 0) is 24.3 Å². The van der Waals surface area contributed by atoms with Crippen LogP contribution in [0.15, 0.2) is 36.0 Å². The lowest BCUT2D eigenvalue weighted by molar-refractivity contribution is -0.689. The molecule has 1 aromatic heterocycles. The Labute approximate surface area is 143 Å². The third-order valence-electron chi connectivity index (χ3n) is 4.56. The number of carbonyl (C=O) groups is 2. The number of aromatic nitrogens is 1. The Balaban J connectivity index is 1.59. The Bertz CT molecular complexity index is 729. The predicted molar refractivity (Wildman–Crippen MR) is 85.8 cm³/mol. The summed E-state index contributed by atoms with van der Waals surface area (Å²) in [5.74, 6) is 1.10. The van der Waals surface area contributed by atoms with Crippen LogP contribution in [0, 0.1) is 0 Å². The van der Waals surface area contributed by atoms with Gasteiger partial charge in [0.2, 0.25) is 11.8 Å². The van der Waals surface area contributed by atoms with Crippen LogP contribution in [0.2, 0.25) is 0 Å². The number of β-lactam (4-membered cyclic amide) rings is 1. The summed E-state index contributed by atoms with van der Waals surface area (Å²) in [4.78, 5) is 24.4. The van der Waals surface area contributed by atoms with E-state index in [0.29, 0.717) is 18.2 Å². The van der Waals surface area contributed by atoms with Gasteiger partial charge in [-0.1, -0.05) is 0 Å². The SMILES string of the molecule is NC1C(=O)N2C(OC(=O)O)=C(C[n+]3ccc(C4CC4)cc3)CS[C@@H]12. The van der Waals surface area contributed by atoms with Gasteiger partial charge >= 0.3 is 6.16 Å². The van der Waals surface area contributed by atoms with Crippen molar-refractivity contribution in [1.29, 1.82) is 0 Å². The van der Waals surface area contributed by atoms with Crippen molar-refractivity contribution in [3.8, 4) is 0 Å². The first-order valence-electron chi connectivity index (χ1n) is 7.86. The van der Waals surface area contributed by atoms with E-state index in [1.165, 1.54) is 35.1 Å². The summed E-state index contributed by atoms with van der Waals surface area (Å²) in [5, 5.41) is 8.76. The second kappa shape index (κ2) is 5.78. The summed E-state index contributed by atoms with van der Waals surface area (Å²) < 4.78 is 6.89. The van der Waals surface area contributed by atoms with Crippen molar-refractivity contribution >= 4 is 23.8 Å². The third kappa shape index (κ3) is 2.65. The van der Waals surface area contributed by atoms with E-state index < -0.39 is 12.2 Å². The summed E-state index contributed by atoms with van der Waals surface area (Å²) in [7, 11) is 0. The van der Waals surface area contributed by atoms with Gasteiger partial charge in [0.1, 0.15) is 11.4 Å². The van der Waals surface area contributed by atoms with Crippen LogP contribution in [0.5, 0.6) is 0 Å². The van der Waals surface area contributed by atoms with Crippen molar-refractivity contribution in [2.24, 2.45) is 5.73 Å². The molecule has 2 atom stereocenters. The highest BCUT2D eigenvalue weighted by Crippen LogP contribution is 2.40. The molecule has 7 nitrogen and oxygen atoms in total. The Kier molecular flexibility index (Phi) is 3.73. The normalized spacial score (nSPS) is 26.0. The molecule has 126 valence electrons. The zero-order valence-corrected chi connectivity index (χ0v) is 13.7. The molecule has 3 N–H and O–H groups in total. The Hall–Kier alpha value is -2.06. The molecular formula is C16H18N3O4S+. The summed E-state index contributed by atoms with van der Waals surface area (Å²) in [6.07, 6.45) is 5.05. The van der Waals surface area contributed by atoms with Gasteiger partial charge in [-0.25, -0.2) is 9.36 Å². The van der Waals surface area contributed by atoms with Gasteiger partial charge in [-0.3, -0.25) is 9.69 Å². The van der Waals surface area contributed by atoms with E-state index >= 15 is 0 Å². The average molecular weight is 348 g/mol. The summed E-state index contributed by atoms with van der Waals surface area (Å²) >= 11 is 1.54. The number of hydrogen-bond donors (Lipinski definition) is 2. The topological polar surface area (TPSA) is 96.7 Å². The van der Waals surface area contributed by atoms with E-state index in [-0.39, 0.29) is 17.2 Å². The largest absolute Gasteiger partial charge is 0.512 e. The molecule has 0 radical (unpaired) electrons. The van der Waals surface area contributed by atoms with Crippen LogP contribution in [-0.4, -0.2) is 39.2 Å². The number of nitrogens with zero attached hydrogens (tertiary/aromatic N) is 2. The number of ether oxygens (including phenoxy) is 1. The highest BCUT2D eigenvalue weighted by molar-refractivity contribution is 8.00. The lowest BCUT2D eigenvalue weighted by Gasteiger charge is -2.47. The fourth-order valence-electron chi connectivity index (χ4n) is 3.10. The molecule has 3 aliphatic rings. The number of rotatable bonds is 4. The number of carbonyl (C=O) groups excluding carboxylic acids is 1. The van der Waals surface area contributed by atoms with Gasteiger partial charge in [-0.15, -0.1) is 11.8 Å². The van der Waals surface area contributed by atoms with Crippen LogP contribution in [0.4, 0.5) is 4.79 Å². The van der Waals surface area contributed by atoms with E-state index in [2.05, 4.69) is 12.1 Å².